The van der Waals surface area contributed by atoms with Gasteiger partial charge in [-0.05, 0) is 32.6 Å². The number of hydrogen-bond donors (Lipinski definition) is 0. The van der Waals surface area contributed by atoms with Gasteiger partial charge in [0.2, 0.25) is 0 Å². The molecule has 0 aromatic heterocycles. The summed E-state index contributed by atoms with van der Waals surface area (Å²) in [5.41, 5.74) is 1.72. The maximum atomic E-state index is 11.1. The summed E-state index contributed by atoms with van der Waals surface area (Å²) in [4.78, 5) is 15.4. The Morgan fingerprint density at radius 1 is 1.38 bits per heavy atom. The molecule has 0 aliphatic heterocycles. The number of carbonyl (C=O) groups excluding carboxylic acids is 1. The van der Waals surface area contributed by atoms with E-state index in [4.69, 9.17) is 0 Å². The first-order valence-corrected chi connectivity index (χ1v) is 4.87. The van der Waals surface area contributed by atoms with E-state index in [-0.39, 0.29) is 5.78 Å². The summed E-state index contributed by atoms with van der Waals surface area (Å²) >= 11 is 0. The predicted octanol–water partition coefficient (Wildman–Crippen LogP) is 2.74. The van der Waals surface area contributed by atoms with Crippen LogP contribution in [0.3, 0.4) is 0 Å². The van der Waals surface area contributed by atoms with Crippen molar-refractivity contribution in [3.8, 4) is 0 Å². The molecule has 1 fully saturated rings. The van der Waals surface area contributed by atoms with Crippen LogP contribution in [0.25, 0.3) is 0 Å². The molecule has 0 heterocycles. The van der Waals surface area contributed by atoms with Gasteiger partial charge in [-0.1, -0.05) is 12.5 Å². The Morgan fingerprint density at radius 2 is 2.00 bits per heavy atom. The van der Waals surface area contributed by atoms with Gasteiger partial charge in [0.15, 0.2) is 5.78 Å². The lowest BCUT2D eigenvalue weighted by Crippen LogP contribution is -2.19. The van der Waals surface area contributed by atoms with Crippen molar-refractivity contribution < 1.29 is 4.79 Å². The first kappa shape index (κ1) is 10.2. The van der Waals surface area contributed by atoms with Gasteiger partial charge in [0.1, 0.15) is 5.70 Å². The molecule has 0 spiro atoms. The molecule has 1 rings (SSSR count). The smallest absolute Gasteiger partial charge is 0.177 e. The van der Waals surface area contributed by atoms with Crippen LogP contribution in [-0.2, 0) is 4.79 Å². The van der Waals surface area contributed by atoms with Crippen molar-refractivity contribution >= 4 is 11.5 Å². The maximum Gasteiger partial charge on any atom is 0.177 e. The quantitative estimate of drug-likeness (QED) is 0.484. The molecule has 0 aromatic carbocycles. The molecule has 0 atom stereocenters. The topological polar surface area (TPSA) is 29.4 Å². The molecule has 2 heteroatoms. The summed E-state index contributed by atoms with van der Waals surface area (Å²) in [5, 5.41) is 0. The zero-order valence-electron chi connectivity index (χ0n) is 8.63. The van der Waals surface area contributed by atoms with Gasteiger partial charge in [0, 0.05) is 12.6 Å². The van der Waals surface area contributed by atoms with Crippen molar-refractivity contribution in [3.63, 3.8) is 0 Å². The van der Waals surface area contributed by atoms with Crippen molar-refractivity contribution in [1.29, 1.82) is 0 Å². The third kappa shape index (κ3) is 2.51. The van der Waals surface area contributed by atoms with E-state index in [0.717, 1.165) is 5.71 Å². The zero-order chi connectivity index (χ0) is 9.84. The summed E-state index contributed by atoms with van der Waals surface area (Å²) in [6, 6.07) is 0. The fourth-order valence-corrected chi connectivity index (χ4v) is 1.45. The first-order chi connectivity index (χ1) is 6.15. The largest absolute Gasteiger partial charge is 0.293 e. The van der Waals surface area contributed by atoms with Gasteiger partial charge in [-0.15, -0.1) is 0 Å². The second-order valence-corrected chi connectivity index (χ2v) is 3.61. The van der Waals surface area contributed by atoms with E-state index in [1.807, 2.05) is 13.8 Å². The SMILES string of the molecule is C/C=C(\N=C(C)C1CCC1)C(C)=O. The van der Waals surface area contributed by atoms with Gasteiger partial charge in [-0.2, -0.15) is 0 Å². The summed E-state index contributed by atoms with van der Waals surface area (Å²) in [6.45, 7) is 5.44. The zero-order valence-corrected chi connectivity index (χ0v) is 8.63. The molecule has 0 aromatic rings. The third-order valence-corrected chi connectivity index (χ3v) is 2.63. The van der Waals surface area contributed by atoms with Crippen molar-refractivity contribution in [3.05, 3.63) is 11.8 Å². The highest BCUT2D eigenvalue weighted by Crippen LogP contribution is 2.28. The number of aliphatic imine (C=N–C) groups is 1. The Morgan fingerprint density at radius 3 is 2.31 bits per heavy atom. The number of rotatable bonds is 3. The van der Waals surface area contributed by atoms with Crippen LogP contribution in [0.15, 0.2) is 16.8 Å². The number of hydrogen-bond acceptors (Lipinski definition) is 2. The van der Waals surface area contributed by atoms with E-state index in [0.29, 0.717) is 11.6 Å². The average Bonchev–Trinajstić information content (AvgIpc) is 1.96. The van der Waals surface area contributed by atoms with Crippen LogP contribution in [0.5, 0.6) is 0 Å². The molecule has 0 unspecified atom stereocenters. The Kier molecular flexibility index (Phi) is 3.40. The molecule has 0 N–H and O–H groups in total. The van der Waals surface area contributed by atoms with Gasteiger partial charge in [-0.3, -0.25) is 9.79 Å². The molecule has 13 heavy (non-hydrogen) atoms. The van der Waals surface area contributed by atoms with E-state index in [1.54, 1.807) is 13.0 Å². The second kappa shape index (κ2) is 4.35. The average molecular weight is 179 g/mol. The van der Waals surface area contributed by atoms with Gasteiger partial charge in [0.25, 0.3) is 0 Å². The molecule has 1 aliphatic carbocycles. The fourth-order valence-electron chi connectivity index (χ4n) is 1.45. The minimum absolute atomic E-state index is 0.0566. The van der Waals surface area contributed by atoms with Crippen molar-refractivity contribution in [1.82, 2.24) is 0 Å². The number of nitrogens with zero attached hydrogens (tertiary/aromatic N) is 1. The number of carbonyl (C=O) groups is 1. The van der Waals surface area contributed by atoms with Crippen molar-refractivity contribution in [2.75, 3.05) is 0 Å². The summed E-state index contributed by atoms with van der Waals surface area (Å²) in [6.07, 6.45) is 5.57. The number of ketones is 1. The van der Waals surface area contributed by atoms with E-state index in [2.05, 4.69) is 4.99 Å². The van der Waals surface area contributed by atoms with Crippen LogP contribution >= 0.6 is 0 Å². The van der Waals surface area contributed by atoms with E-state index in [1.165, 1.54) is 19.3 Å². The van der Waals surface area contributed by atoms with Gasteiger partial charge < -0.3 is 0 Å². The summed E-state index contributed by atoms with van der Waals surface area (Å²) < 4.78 is 0. The minimum Gasteiger partial charge on any atom is -0.293 e. The molecular formula is C11H17NO. The van der Waals surface area contributed by atoms with Crippen molar-refractivity contribution in [2.24, 2.45) is 10.9 Å². The predicted molar refractivity (Wildman–Crippen MR) is 54.9 cm³/mol. The Labute approximate surface area is 79.8 Å². The third-order valence-electron chi connectivity index (χ3n) is 2.63. The molecular weight excluding hydrogens is 162 g/mol. The van der Waals surface area contributed by atoms with Gasteiger partial charge in [-0.25, -0.2) is 0 Å². The number of allylic oxidation sites excluding steroid dienone is 2. The summed E-state index contributed by atoms with van der Waals surface area (Å²) in [5.74, 6) is 0.690. The minimum atomic E-state index is 0.0566. The summed E-state index contributed by atoms with van der Waals surface area (Å²) in [7, 11) is 0. The highest BCUT2D eigenvalue weighted by molar-refractivity contribution is 5.97. The van der Waals surface area contributed by atoms with E-state index < -0.39 is 0 Å². The second-order valence-electron chi connectivity index (χ2n) is 3.61. The van der Waals surface area contributed by atoms with Gasteiger partial charge in [0.05, 0.1) is 0 Å². The first-order valence-electron chi connectivity index (χ1n) is 4.87. The standard InChI is InChI=1S/C11H17NO/c1-4-11(9(3)13)12-8(2)10-6-5-7-10/h4,10H,5-7H2,1-3H3/b11-4-,12-8?. The lowest BCUT2D eigenvalue weighted by atomic mass is 9.82. The van der Waals surface area contributed by atoms with E-state index in [9.17, 15) is 4.79 Å². The van der Waals surface area contributed by atoms with Crippen LogP contribution in [0, 0.1) is 5.92 Å². The van der Waals surface area contributed by atoms with Crippen LogP contribution in [0.1, 0.15) is 40.0 Å². The van der Waals surface area contributed by atoms with Crippen LogP contribution in [-0.4, -0.2) is 11.5 Å². The Balaban J connectivity index is 2.66. The van der Waals surface area contributed by atoms with Crippen LogP contribution in [0.2, 0.25) is 0 Å². The lowest BCUT2D eigenvalue weighted by Gasteiger charge is -2.25. The highest BCUT2D eigenvalue weighted by Gasteiger charge is 2.20. The number of Topliss-reactive ketones (excluding diaryl/α,β-unsaturated/α-hetero) is 1. The van der Waals surface area contributed by atoms with Crippen LogP contribution < -0.4 is 0 Å². The van der Waals surface area contributed by atoms with Crippen molar-refractivity contribution in [2.45, 2.75) is 40.0 Å². The molecule has 2 nitrogen and oxygen atoms in total. The highest BCUT2D eigenvalue weighted by atomic mass is 16.1. The molecule has 1 saturated carbocycles. The molecule has 72 valence electrons. The lowest BCUT2D eigenvalue weighted by molar-refractivity contribution is -0.113. The molecule has 0 radical (unpaired) electrons. The fraction of sp³-hybridized carbons (Fsp3) is 0.636. The van der Waals surface area contributed by atoms with Crippen LogP contribution in [0.4, 0.5) is 0 Å². The molecule has 0 bridgehead atoms. The molecule has 1 aliphatic rings. The van der Waals surface area contributed by atoms with Gasteiger partial charge >= 0.3 is 0 Å². The normalized spacial score (nSPS) is 19.9. The molecule has 0 saturated heterocycles. The maximum absolute atomic E-state index is 11.1. The monoisotopic (exact) mass is 179 g/mol. The Hall–Kier alpha value is -0.920. The Bertz CT molecular complexity index is 259. The van der Waals surface area contributed by atoms with E-state index >= 15 is 0 Å². The molecule has 0 amide bonds.